The number of alkyl halides is 3. The molecule has 0 unspecified atom stereocenters. The van der Waals surface area contributed by atoms with Crippen LogP contribution < -0.4 is 0 Å². The van der Waals surface area contributed by atoms with Crippen LogP contribution in [-0.2, 0) is 6.18 Å². The molecule has 0 fully saturated rings. The van der Waals surface area contributed by atoms with E-state index >= 15 is 0 Å². The third-order valence-electron chi connectivity index (χ3n) is 2.84. The van der Waals surface area contributed by atoms with Crippen molar-refractivity contribution < 1.29 is 13.2 Å². The molecule has 98 valence electrons. The van der Waals surface area contributed by atoms with Gasteiger partial charge in [-0.15, -0.1) is 0 Å². The Morgan fingerprint density at radius 3 is 2.28 bits per heavy atom. The summed E-state index contributed by atoms with van der Waals surface area (Å²) in [7, 11) is 0. The summed E-state index contributed by atoms with van der Waals surface area (Å²) in [4.78, 5) is 0. The molecule has 0 saturated carbocycles. The zero-order valence-electron chi connectivity index (χ0n) is 10.8. The number of allylic oxidation sites excluding steroid dienone is 3. The third-order valence-corrected chi connectivity index (χ3v) is 2.84. The number of rotatable bonds is 3. The van der Waals surface area contributed by atoms with E-state index in [1.807, 2.05) is 13.8 Å². The minimum atomic E-state index is -4.32. The molecule has 0 spiro atoms. The Kier molecular flexibility index (Phi) is 4.38. The molecule has 0 nitrogen and oxygen atoms in total. The molecule has 0 N–H and O–H groups in total. The Hall–Kier alpha value is -1.51. The van der Waals surface area contributed by atoms with Crippen LogP contribution in [-0.4, -0.2) is 0 Å². The highest BCUT2D eigenvalue weighted by atomic mass is 19.4. The largest absolute Gasteiger partial charge is 0.416 e. The molecule has 1 aromatic carbocycles. The van der Waals surface area contributed by atoms with Crippen molar-refractivity contribution in [3.8, 4) is 0 Å². The highest BCUT2D eigenvalue weighted by Crippen LogP contribution is 2.34. The Bertz CT molecular complexity index is 465. The van der Waals surface area contributed by atoms with Gasteiger partial charge in [-0.05, 0) is 41.7 Å². The first-order valence-electron chi connectivity index (χ1n) is 5.81. The first kappa shape index (κ1) is 14.6. The number of halogens is 3. The van der Waals surface area contributed by atoms with E-state index in [0.717, 1.165) is 17.2 Å². The van der Waals surface area contributed by atoms with E-state index in [2.05, 4.69) is 6.58 Å². The van der Waals surface area contributed by atoms with E-state index in [-0.39, 0.29) is 5.92 Å². The van der Waals surface area contributed by atoms with Gasteiger partial charge in [0.2, 0.25) is 0 Å². The molecule has 0 aliphatic carbocycles. The molecule has 0 aliphatic heterocycles. The highest BCUT2D eigenvalue weighted by molar-refractivity contribution is 5.76. The predicted octanol–water partition coefficient (Wildman–Crippen LogP) is 5.42. The molecule has 0 heterocycles. The van der Waals surface area contributed by atoms with E-state index in [0.29, 0.717) is 5.56 Å². The van der Waals surface area contributed by atoms with Crippen molar-refractivity contribution in [1.82, 2.24) is 0 Å². The molecule has 0 saturated heterocycles. The maximum atomic E-state index is 12.7. The van der Waals surface area contributed by atoms with E-state index in [4.69, 9.17) is 0 Å². The van der Waals surface area contributed by atoms with Crippen LogP contribution in [0.1, 0.15) is 43.4 Å². The molecule has 0 bridgehead atoms. The van der Waals surface area contributed by atoms with Crippen molar-refractivity contribution in [2.24, 2.45) is 0 Å². The SMILES string of the molecule is C=C/C(=C\C)c1cc(C(F)(F)F)ccc1C(C)C. The molecular weight excluding hydrogens is 237 g/mol. The highest BCUT2D eigenvalue weighted by Gasteiger charge is 2.31. The lowest BCUT2D eigenvalue weighted by Gasteiger charge is -2.16. The second-order valence-corrected chi connectivity index (χ2v) is 4.40. The summed E-state index contributed by atoms with van der Waals surface area (Å²) in [5.74, 6) is 0.164. The van der Waals surface area contributed by atoms with Crippen LogP contribution in [0, 0.1) is 0 Å². The standard InChI is InChI=1S/C15H17F3/c1-5-11(6-2)14-9-12(15(16,17)18)7-8-13(14)10(3)4/h5-10H,1H2,2-4H3/b11-6+. The molecule has 0 amide bonds. The van der Waals surface area contributed by atoms with Gasteiger partial charge < -0.3 is 0 Å². The van der Waals surface area contributed by atoms with Crippen LogP contribution in [0.15, 0.2) is 36.9 Å². The summed E-state index contributed by atoms with van der Waals surface area (Å²) in [6.45, 7) is 9.37. The number of hydrogen-bond acceptors (Lipinski definition) is 0. The van der Waals surface area contributed by atoms with Gasteiger partial charge in [0, 0.05) is 0 Å². The van der Waals surface area contributed by atoms with Crippen molar-refractivity contribution >= 4 is 5.57 Å². The average Bonchev–Trinajstić information content (AvgIpc) is 2.29. The lowest BCUT2D eigenvalue weighted by Crippen LogP contribution is -2.07. The Balaban J connectivity index is 3.47. The van der Waals surface area contributed by atoms with Crippen molar-refractivity contribution in [1.29, 1.82) is 0 Å². The van der Waals surface area contributed by atoms with Gasteiger partial charge in [-0.25, -0.2) is 0 Å². The van der Waals surface area contributed by atoms with Crippen molar-refractivity contribution in [3.05, 3.63) is 53.6 Å². The fourth-order valence-electron chi connectivity index (χ4n) is 1.87. The first-order chi connectivity index (χ1) is 8.31. The minimum Gasteiger partial charge on any atom is -0.166 e. The van der Waals surface area contributed by atoms with Gasteiger partial charge in [-0.2, -0.15) is 13.2 Å². The number of hydrogen-bond donors (Lipinski definition) is 0. The van der Waals surface area contributed by atoms with Crippen LogP contribution in [0.2, 0.25) is 0 Å². The fourth-order valence-corrected chi connectivity index (χ4v) is 1.87. The van der Waals surface area contributed by atoms with E-state index in [9.17, 15) is 13.2 Å². The second kappa shape index (κ2) is 5.42. The zero-order valence-corrected chi connectivity index (χ0v) is 10.8. The first-order valence-corrected chi connectivity index (χ1v) is 5.81. The van der Waals surface area contributed by atoms with Gasteiger partial charge >= 0.3 is 6.18 Å². The fraction of sp³-hybridized carbons (Fsp3) is 0.333. The van der Waals surface area contributed by atoms with E-state index in [1.165, 1.54) is 6.07 Å². The molecule has 0 aliphatic rings. The molecule has 1 rings (SSSR count). The maximum Gasteiger partial charge on any atom is 0.416 e. The Morgan fingerprint density at radius 1 is 1.28 bits per heavy atom. The quantitative estimate of drug-likeness (QED) is 0.632. The summed E-state index contributed by atoms with van der Waals surface area (Å²) >= 11 is 0. The monoisotopic (exact) mass is 254 g/mol. The van der Waals surface area contributed by atoms with Gasteiger partial charge in [0.25, 0.3) is 0 Å². The predicted molar refractivity (Wildman–Crippen MR) is 69.4 cm³/mol. The van der Waals surface area contributed by atoms with Crippen LogP contribution in [0.3, 0.4) is 0 Å². The molecule has 1 aromatic rings. The normalized spacial score (nSPS) is 12.9. The zero-order chi connectivity index (χ0) is 13.9. The molecule has 0 aromatic heterocycles. The maximum absolute atomic E-state index is 12.7. The van der Waals surface area contributed by atoms with Crippen molar-refractivity contribution in [3.63, 3.8) is 0 Å². The second-order valence-electron chi connectivity index (χ2n) is 4.40. The van der Waals surface area contributed by atoms with Crippen LogP contribution in [0.4, 0.5) is 13.2 Å². The molecule has 0 radical (unpaired) electrons. The van der Waals surface area contributed by atoms with Crippen LogP contribution >= 0.6 is 0 Å². The lowest BCUT2D eigenvalue weighted by molar-refractivity contribution is -0.137. The molecule has 3 heteroatoms. The van der Waals surface area contributed by atoms with Gasteiger partial charge in [-0.3, -0.25) is 0 Å². The van der Waals surface area contributed by atoms with E-state index < -0.39 is 11.7 Å². The summed E-state index contributed by atoms with van der Waals surface area (Å²) in [6, 6.07) is 3.89. The topological polar surface area (TPSA) is 0 Å². The van der Waals surface area contributed by atoms with Gasteiger partial charge in [0.1, 0.15) is 0 Å². The van der Waals surface area contributed by atoms with Crippen LogP contribution in [0.25, 0.3) is 5.57 Å². The lowest BCUT2D eigenvalue weighted by atomic mass is 9.90. The third kappa shape index (κ3) is 3.03. The Morgan fingerprint density at radius 2 is 1.89 bits per heavy atom. The molecule has 18 heavy (non-hydrogen) atoms. The minimum absolute atomic E-state index is 0.164. The number of benzene rings is 1. The molecular formula is C15H17F3. The summed E-state index contributed by atoms with van der Waals surface area (Å²) in [5.41, 5.74) is 1.61. The van der Waals surface area contributed by atoms with Gasteiger partial charge in [-0.1, -0.05) is 38.6 Å². The smallest absolute Gasteiger partial charge is 0.166 e. The van der Waals surface area contributed by atoms with Crippen LogP contribution in [0.5, 0.6) is 0 Å². The van der Waals surface area contributed by atoms with Gasteiger partial charge in [0.15, 0.2) is 0 Å². The van der Waals surface area contributed by atoms with Gasteiger partial charge in [0.05, 0.1) is 5.56 Å². The van der Waals surface area contributed by atoms with Crippen molar-refractivity contribution in [2.75, 3.05) is 0 Å². The summed E-state index contributed by atoms with van der Waals surface area (Å²) < 4.78 is 38.2. The van der Waals surface area contributed by atoms with Crippen molar-refractivity contribution in [2.45, 2.75) is 32.9 Å². The summed E-state index contributed by atoms with van der Waals surface area (Å²) in [5, 5.41) is 0. The average molecular weight is 254 g/mol. The summed E-state index contributed by atoms with van der Waals surface area (Å²) in [6.07, 6.45) is -0.958. The Labute approximate surface area is 106 Å². The molecule has 0 atom stereocenters. The van der Waals surface area contributed by atoms with E-state index in [1.54, 1.807) is 25.1 Å².